The number of nitrogens with one attached hydrogen (secondary N) is 1. The summed E-state index contributed by atoms with van der Waals surface area (Å²) in [5.41, 5.74) is 0.875. The van der Waals surface area contributed by atoms with E-state index in [-0.39, 0.29) is 18.1 Å². The summed E-state index contributed by atoms with van der Waals surface area (Å²) in [6.07, 6.45) is 3.02. The summed E-state index contributed by atoms with van der Waals surface area (Å²) < 4.78 is 1.51. The number of aryl methyl sites for hydroxylation is 1. The first-order valence-electron chi connectivity index (χ1n) is 5.57. The molecule has 0 fully saturated rings. The number of rotatable bonds is 4. The van der Waals surface area contributed by atoms with Crippen LogP contribution in [0.1, 0.15) is 15.9 Å². The Morgan fingerprint density at radius 1 is 1.47 bits per heavy atom. The largest absolute Gasteiger partial charge is 0.348 e. The van der Waals surface area contributed by atoms with E-state index in [9.17, 15) is 14.9 Å². The highest BCUT2D eigenvalue weighted by atomic mass is 16.6. The smallest absolute Gasteiger partial charge is 0.274 e. The molecule has 2 rings (SSSR count). The van der Waals surface area contributed by atoms with E-state index in [0.29, 0.717) is 11.1 Å². The van der Waals surface area contributed by atoms with Gasteiger partial charge >= 0.3 is 0 Å². The van der Waals surface area contributed by atoms with Crippen LogP contribution in [-0.4, -0.2) is 20.6 Å². The van der Waals surface area contributed by atoms with Crippen molar-refractivity contribution >= 4 is 11.6 Å². The van der Waals surface area contributed by atoms with Gasteiger partial charge in [0.15, 0.2) is 0 Å². The molecule has 0 radical (unpaired) electrons. The van der Waals surface area contributed by atoms with Crippen molar-refractivity contribution in [3.8, 4) is 0 Å². The molecule has 0 aliphatic heterocycles. The Kier molecular flexibility index (Phi) is 3.56. The van der Waals surface area contributed by atoms with Crippen LogP contribution >= 0.6 is 0 Å². The number of benzene rings is 1. The van der Waals surface area contributed by atoms with E-state index in [2.05, 4.69) is 10.4 Å². The molecule has 7 nitrogen and oxygen atoms in total. The summed E-state index contributed by atoms with van der Waals surface area (Å²) in [4.78, 5) is 22.1. The lowest BCUT2D eigenvalue weighted by atomic mass is 10.2. The van der Waals surface area contributed by atoms with Crippen molar-refractivity contribution in [2.45, 2.75) is 6.54 Å². The van der Waals surface area contributed by atoms with Crippen molar-refractivity contribution in [2.24, 2.45) is 7.05 Å². The quantitative estimate of drug-likeness (QED) is 0.661. The molecule has 0 saturated carbocycles. The monoisotopic (exact) mass is 260 g/mol. The molecule has 2 aromatic rings. The van der Waals surface area contributed by atoms with Crippen molar-refractivity contribution < 1.29 is 9.72 Å². The average Bonchev–Trinajstić information content (AvgIpc) is 2.83. The van der Waals surface area contributed by atoms with Gasteiger partial charge in [-0.1, -0.05) is 18.2 Å². The number of carbonyl (C=O) groups excluding carboxylic acids is 1. The Labute approximate surface area is 109 Å². The molecule has 98 valence electrons. The van der Waals surface area contributed by atoms with Crippen LogP contribution in [0, 0.1) is 10.1 Å². The number of nitrogens with zero attached hydrogens (tertiary/aromatic N) is 3. The molecule has 7 heteroatoms. The van der Waals surface area contributed by atoms with E-state index in [1.54, 1.807) is 31.4 Å². The lowest BCUT2D eigenvalue weighted by Gasteiger charge is -2.04. The van der Waals surface area contributed by atoms with E-state index in [1.807, 2.05) is 0 Å². The van der Waals surface area contributed by atoms with Crippen LogP contribution in [0.3, 0.4) is 0 Å². The molecule has 0 saturated heterocycles. The highest BCUT2D eigenvalue weighted by molar-refractivity contribution is 5.93. The number of nitro groups is 1. The van der Waals surface area contributed by atoms with Crippen molar-refractivity contribution in [1.29, 1.82) is 0 Å². The maximum absolute atomic E-state index is 11.8. The fourth-order valence-corrected chi connectivity index (χ4v) is 1.65. The number of amides is 1. The van der Waals surface area contributed by atoms with Gasteiger partial charge in [0.2, 0.25) is 0 Å². The minimum absolute atomic E-state index is 0.00557. The normalized spacial score (nSPS) is 10.2. The number of carbonyl (C=O) groups is 1. The maximum Gasteiger partial charge on any atom is 0.274 e. The van der Waals surface area contributed by atoms with Gasteiger partial charge in [-0.25, -0.2) is 0 Å². The molecule has 1 aromatic heterocycles. The first-order valence-corrected chi connectivity index (χ1v) is 5.57. The van der Waals surface area contributed by atoms with Crippen LogP contribution in [-0.2, 0) is 13.6 Å². The van der Waals surface area contributed by atoms with Crippen LogP contribution < -0.4 is 5.32 Å². The first kappa shape index (κ1) is 12.7. The third kappa shape index (κ3) is 2.95. The van der Waals surface area contributed by atoms with Crippen molar-refractivity contribution in [3.05, 3.63) is 57.9 Å². The fraction of sp³-hybridized carbons (Fsp3) is 0.167. The van der Waals surface area contributed by atoms with Crippen molar-refractivity contribution in [1.82, 2.24) is 15.1 Å². The zero-order valence-corrected chi connectivity index (χ0v) is 10.2. The molecule has 0 unspecified atom stereocenters. The zero-order valence-electron chi connectivity index (χ0n) is 10.2. The molecule has 0 atom stereocenters. The second-order valence-electron chi connectivity index (χ2n) is 3.97. The lowest BCUT2D eigenvalue weighted by molar-refractivity contribution is -0.385. The van der Waals surface area contributed by atoms with Gasteiger partial charge in [0.25, 0.3) is 11.6 Å². The molecule has 0 bridgehead atoms. The number of para-hydroxylation sites is 1. The molecule has 0 aliphatic carbocycles. The van der Waals surface area contributed by atoms with Gasteiger partial charge < -0.3 is 5.32 Å². The minimum atomic E-state index is -0.467. The molecule has 0 aliphatic rings. The highest BCUT2D eigenvalue weighted by Crippen LogP contribution is 2.17. The van der Waals surface area contributed by atoms with E-state index in [1.165, 1.54) is 16.9 Å². The molecular weight excluding hydrogens is 248 g/mol. The van der Waals surface area contributed by atoms with E-state index in [4.69, 9.17) is 0 Å². The minimum Gasteiger partial charge on any atom is -0.348 e. The number of nitro benzene ring substituents is 1. The molecule has 1 amide bonds. The molecule has 19 heavy (non-hydrogen) atoms. The average molecular weight is 260 g/mol. The van der Waals surface area contributed by atoms with E-state index in [0.717, 1.165) is 0 Å². The number of hydrogen-bond acceptors (Lipinski definition) is 4. The second kappa shape index (κ2) is 5.30. The first-order chi connectivity index (χ1) is 9.08. The Morgan fingerprint density at radius 2 is 2.21 bits per heavy atom. The maximum atomic E-state index is 11.8. The van der Waals surface area contributed by atoms with Gasteiger partial charge in [-0.15, -0.1) is 0 Å². The van der Waals surface area contributed by atoms with Gasteiger partial charge in [-0.3, -0.25) is 19.6 Å². The van der Waals surface area contributed by atoms with Crippen LogP contribution in [0.2, 0.25) is 0 Å². The summed E-state index contributed by atoms with van der Waals surface area (Å²) in [5.74, 6) is -0.314. The van der Waals surface area contributed by atoms with Crippen LogP contribution in [0.15, 0.2) is 36.7 Å². The van der Waals surface area contributed by atoms with Gasteiger partial charge in [0.1, 0.15) is 0 Å². The predicted molar refractivity (Wildman–Crippen MR) is 67.5 cm³/mol. The lowest BCUT2D eigenvalue weighted by Crippen LogP contribution is -2.22. The van der Waals surface area contributed by atoms with Crippen molar-refractivity contribution in [2.75, 3.05) is 0 Å². The molecule has 0 spiro atoms. The Bertz CT molecular complexity index is 621. The standard InChI is InChI=1S/C12H12N4O3/c1-15-8-10(7-14-15)12(17)13-6-9-4-2-3-5-11(9)16(18)19/h2-5,7-8H,6H2,1H3,(H,13,17). The van der Waals surface area contributed by atoms with Crippen LogP contribution in [0.25, 0.3) is 0 Å². The second-order valence-corrected chi connectivity index (χ2v) is 3.97. The summed E-state index contributed by atoms with van der Waals surface area (Å²) in [7, 11) is 1.71. The zero-order chi connectivity index (χ0) is 13.8. The van der Waals surface area contributed by atoms with Gasteiger partial charge in [-0.05, 0) is 0 Å². The van der Waals surface area contributed by atoms with Gasteiger partial charge in [-0.2, -0.15) is 5.10 Å². The van der Waals surface area contributed by atoms with Gasteiger partial charge in [0, 0.05) is 31.4 Å². The molecule has 1 heterocycles. The summed E-state index contributed by atoms with van der Waals surface area (Å²) in [6, 6.07) is 6.30. The van der Waals surface area contributed by atoms with Crippen molar-refractivity contribution in [3.63, 3.8) is 0 Å². The fourth-order valence-electron chi connectivity index (χ4n) is 1.65. The third-order valence-electron chi connectivity index (χ3n) is 2.59. The highest BCUT2D eigenvalue weighted by Gasteiger charge is 2.14. The molecular formula is C12H12N4O3. The Morgan fingerprint density at radius 3 is 2.84 bits per heavy atom. The number of aromatic nitrogens is 2. The van der Waals surface area contributed by atoms with Crippen LogP contribution in [0.5, 0.6) is 0 Å². The third-order valence-corrected chi connectivity index (χ3v) is 2.59. The van der Waals surface area contributed by atoms with E-state index >= 15 is 0 Å². The van der Waals surface area contributed by atoms with Gasteiger partial charge in [0.05, 0.1) is 16.7 Å². The molecule has 1 aromatic carbocycles. The predicted octanol–water partition coefficient (Wildman–Crippen LogP) is 1.26. The van der Waals surface area contributed by atoms with Crippen LogP contribution in [0.4, 0.5) is 5.69 Å². The summed E-state index contributed by atoms with van der Waals surface area (Å²) in [5, 5.41) is 17.3. The summed E-state index contributed by atoms with van der Waals surface area (Å²) in [6.45, 7) is 0.102. The Balaban J connectivity index is 2.07. The number of hydrogen-bond donors (Lipinski definition) is 1. The topological polar surface area (TPSA) is 90.1 Å². The Hall–Kier alpha value is -2.70. The molecule has 1 N–H and O–H groups in total. The SMILES string of the molecule is Cn1cc(C(=O)NCc2ccccc2[N+](=O)[O-])cn1. The summed E-state index contributed by atoms with van der Waals surface area (Å²) >= 11 is 0. The van der Waals surface area contributed by atoms with E-state index < -0.39 is 4.92 Å².